The number of fused-ring (bicyclic) bond motifs is 3. The van der Waals surface area contributed by atoms with E-state index < -0.39 is 77.8 Å². The molecular formula is C43H68ClNO11. The van der Waals surface area contributed by atoms with Crippen LogP contribution >= 0.6 is 11.6 Å². The molecular weight excluding hydrogens is 742 g/mol. The summed E-state index contributed by atoms with van der Waals surface area (Å²) < 4.78 is 29.9. The van der Waals surface area contributed by atoms with Crippen LogP contribution < -0.4 is 0 Å². The van der Waals surface area contributed by atoms with E-state index in [0.29, 0.717) is 44.1 Å². The largest absolute Gasteiger partial charge is 0.456 e. The van der Waals surface area contributed by atoms with E-state index >= 15 is 0 Å². The number of esters is 1. The highest BCUT2D eigenvalue weighted by Gasteiger charge is 2.56. The molecule has 14 atom stereocenters. The monoisotopic (exact) mass is 809 g/mol. The lowest BCUT2D eigenvalue weighted by atomic mass is 9.82. The predicted octanol–water partition coefficient (Wildman–Crippen LogP) is 5.72. The number of piperidine rings is 1. The maximum Gasteiger partial charge on any atom is 0.329 e. The number of carbonyl (C=O) groups excluding carboxylic acids is 4. The molecule has 2 saturated heterocycles. The second-order valence-corrected chi connectivity index (χ2v) is 17.7. The number of hydrogen-bond acceptors (Lipinski definition) is 11. The highest BCUT2D eigenvalue weighted by Crippen LogP contribution is 2.39. The SMILES string of the molecule is CC[C@H]1/C=C(\C)C[C@@H](C)C[C@@H](OC)[C@@H]2O[C@](O)(C(=O)C(=O)N3CCCC[C@@H]3C(=O)O[C@@H](/C(C)=C/[C@H]3CC[C@@H](Cl)[C@@H](OC)C3)[C@@H](C)[C@H](O)CC1=O)[C@@H](C)C[C@H]2OC. The second-order valence-electron chi connectivity index (χ2n) is 17.1. The number of aliphatic hydroxyl groups is 2. The van der Waals surface area contributed by atoms with Gasteiger partial charge in [0.1, 0.15) is 24.0 Å². The summed E-state index contributed by atoms with van der Waals surface area (Å²) in [6.07, 6.45) is 5.16. The van der Waals surface area contributed by atoms with Gasteiger partial charge in [0.15, 0.2) is 0 Å². The van der Waals surface area contributed by atoms with Crippen LogP contribution in [0.15, 0.2) is 23.3 Å². The molecule has 0 aromatic rings. The molecule has 13 heteroatoms. The number of carbonyl (C=O) groups is 4. The molecule has 0 aromatic carbocycles. The molecule has 56 heavy (non-hydrogen) atoms. The molecule has 2 N–H and O–H groups in total. The number of methoxy groups -OCH3 is 3. The fourth-order valence-corrected chi connectivity index (χ4v) is 9.69. The van der Waals surface area contributed by atoms with Gasteiger partial charge in [-0.25, -0.2) is 4.79 Å². The normalized spacial score (nSPS) is 41.6. The molecule has 1 amide bonds. The summed E-state index contributed by atoms with van der Waals surface area (Å²) in [5.74, 6) is -7.31. The van der Waals surface area contributed by atoms with Gasteiger partial charge in [-0.3, -0.25) is 14.4 Å². The second kappa shape index (κ2) is 20.7. The highest BCUT2D eigenvalue weighted by atomic mass is 35.5. The minimum absolute atomic E-state index is 0.0425. The molecule has 3 fully saturated rings. The Morgan fingerprint density at radius 3 is 2.27 bits per heavy atom. The Balaban J connectivity index is 1.76. The van der Waals surface area contributed by atoms with Gasteiger partial charge in [0.25, 0.3) is 11.7 Å². The van der Waals surface area contributed by atoms with Crippen LogP contribution in [0.25, 0.3) is 0 Å². The molecule has 3 heterocycles. The molecule has 318 valence electrons. The van der Waals surface area contributed by atoms with E-state index in [-0.39, 0.29) is 54.9 Å². The number of aliphatic hydroxyl groups excluding tert-OH is 1. The number of ketones is 2. The molecule has 12 nitrogen and oxygen atoms in total. The zero-order chi connectivity index (χ0) is 41.5. The van der Waals surface area contributed by atoms with Gasteiger partial charge in [0.2, 0.25) is 5.79 Å². The van der Waals surface area contributed by atoms with E-state index in [1.54, 1.807) is 21.0 Å². The topological polar surface area (TPSA) is 158 Å². The van der Waals surface area contributed by atoms with Gasteiger partial charge in [-0.1, -0.05) is 45.4 Å². The van der Waals surface area contributed by atoms with Crippen molar-refractivity contribution in [2.24, 2.45) is 29.6 Å². The number of cyclic esters (lactones) is 1. The fraction of sp³-hybridized carbons (Fsp3) is 0.814. The molecule has 3 aliphatic heterocycles. The van der Waals surface area contributed by atoms with Crippen molar-refractivity contribution >= 4 is 35.0 Å². The molecule has 0 aromatic heterocycles. The first-order valence-electron chi connectivity index (χ1n) is 20.7. The number of ether oxygens (including phenoxy) is 5. The van der Waals surface area contributed by atoms with Crippen LogP contribution in [0.2, 0.25) is 0 Å². The molecule has 0 radical (unpaired) electrons. The maximum absolute atomic E-state index is 14.3. The molecule has 0 unspecified atom stereocenters. The summed E-state index contributed by atoms with van der Waals surface area (Å²) >= 11 is 6.52. The Kier molecular flexibility index (Phi) is 17.2. The third-order valence-corrected chi connectivity index (χ3v) is 13.3. The summed E-state index contributed by atoms with van der Waals surface area (Å²) in [6.45, 7) is 11.3. The van der Waals surface area contributed by atoms with Crippen molar-refractivity contribution in [2.45, 2.75) is 166 Å². The number of allylic oxidation sites excluding steroid dienone is 3. The van der Waals surface area contributed by atoms with Crippen molar-refractivity contribution in [3.05, 3.63) is 23.3 Å². The van der Waals surface area contributed by atoms with Crippen LogP contribution in [-0.4, -0.2) is 120 Å². The van der Waals surface area contributed by atoms with Crippen molar-refractivity contribution in [3.63, 3.8) is 0 Å². The number of nitrogens with zero attached hydrogens (tertiary/aromatic N) is 1. The molecule has 4 aliphatic rings. The van der Waals surface area contributed by atoms with Gasteiger partial charge in [0, 0.05) is 52.0 Å². The first-order valence-corrected chi connectivity index (χ1v) is 21.2. The first-order chi connectivity index (χ1) is 26.5. The van der Waals surface area contributed by atoms with Crippen molar-refractivity contribution in [3.8, 4) is 0 Å². The van der Waals surface area contributed by atoms with E-state index in [9.17, 15) is 29.4 Å². The maximum atomic E-state index is 14.3. The molecule has 4 rings (SSSR count). The quantitative estimate of drug-likeness (QED) is 0.146. The number of hydrogen-bond donors (Lipinski definition) is 2. The first kappa shape index (κ1) is 46.5. The van der Waals surface area contributed by atoms with Crippen molar-refractivity contribution in [1.29, 1.82) is 0 Å². The third-order valence-electron chi connectivity index (χ3n) is 12.8. The third kappa shape index (κ3) is 10.9. The van der Waals surface area contributed by atoms with Crippen LogP contribution in [-0.2, 0) is 42.9 Å². The van der Waals surface area contributed by atoms with E-state index in [1.807, 2.05) is 32.9 Å². The van der Waals surface area contributed by atoms with Crippen molar-refractivity contribution in [2.75, 3.05) is 27.9 Å². The zero-order valence-electron chi connectivity index (χ0n) is 35.0. The lowest BCUT2D eigenvalue weighted by molar-refractivity contribution is -0.302. The van der Waals surface area contributed by atoms with Crippen LogP contribution in [0, 0.1) is 29.6 Å². The average Bonchev–Trinajstić information content (AvgIpc) is 3.18. The van der Waals surface area contributed by atoms with Gasteiger partial charge in [0.05, 0.1) is 29.8 Å². The Hall–Kier alpha value is -2.19. The Bertz CT molecular complexity index is 1440. The number of amides is 1. The minimum Gasteiger partial charge on any atom is -0.456 e. The summed E-state index contributed by atoms with van der Waals surface area (Å²) in [6, 6.07) is -1.12. The summed E-state index contributed by atoms with van der Waals surface area (Å²) in [4.78, 5) is 57.7. The highest BCUT2D eigenvalue weighted by molar-refractivity contribution is 6.39. The molecule has 2 bridgehead atoms. The van der Waals surface area contributed by atoms with Crippen LogP contribution in [0.1, 0.15) is 112 Å². The number of rotatable bonds is 6. The number of halogens is 1. The van der Waals surface area contributed by atoms with Crippen LogP contribution in [0.3, 0.4) is 0 Å². The summed E-state index contributed by atoms with van der Waals surface area (Å²) in [5, 5.41) is 23.6. The summed E-state index contributed by atoms with van der Waals surface area (Å²) in [7, 11) is 4.71. The van der Waals surface area contributed by atoms with E-state index in [1.165, 1.54) is 19.1 Å². The Labute approximate surface area is 339 Å². The number of alkyl halides is 1. The number of Topliss-reactive ketones (excluding diaryl/α,β-unsaturated/α-hetero) is 2. The minimum atomic E-state index is -2.49. The van der Waals surface area contributed by atoms with Crippen LogP contribution in [0.5, 0.6) is 0 Å². The smallest absolute Gasteiger partial charge is 0.329 e. The predicted molar refractivity (Wildman–Crippen MR) is 212 cm³/mol. The van der Waals surface area contributed by atoms with Gasteiger partial charge in [-0.2, -0.15) is 0 Å². The Morgan fingerprint density at radius 2 is 1.62 bits per heavy atom. The molecule has 0 spiro atoms. The van der Waals surface area contributed by atoms with E-state index in [2.05, 4.69) is 6.92 Å². The summed E-state index contributed by atoms with van der Waals surface area (Å²) in [5.41, 5.74) is 1.71. The lowest BCUT2D eigenvalue weighted by Crippen LogP contribution is -2.64. The molecule has 1 saturated carbocycles. The standard InChI is InChI=1S/C43H68ClNO11/c1-10-30-18-24(2)17-25(3)19-36(53-8)39-37(54-9)21-27(5)43(51,56-39)40(48)41(49)45-16-12-11-13-32(45)42(50)55-38(28(6)33(46)23-34(30)47)26(4)20-29-14-15-31(44)35(22-29)52-7/h18,20,25,27-33,35-39,46,51H,10-17,19,21-23H2,1-9H3/b24-18+,26-20+/t25-,27+,28+,29-,30+,31-,32-,33-,35+,36-,37-,38+,39+,43+/m1/s1. The van der Waals surface area contributed by atoms with Gasteiger partial charge in [-0.05, 0) is 95.5 Å². The van der Waals surface area contributed by atoms with Gasteiger partial charge in [-0.15, -0.1) is 11.6 Å². The van der Waals surface area contributed by atoms with Crippen molar-refractivity contribution in [1.82, 2.24) is 4.90 Å². The fourth-order valence-electron chi connectivity index (χ4n) is 9.36. The van der Waals surface area contributed by atoms with Gasteiger partial charge >= 0.3 is 5.97 Å². The lowest BCUT2D eigenvalue weighted by Gasteiger charge is -2.47. The van der Waals surface area contributed by atoms with Gasteiger partial charge < -0.3 is 38.8 Å². The zero-order valence-corrected chi connectivity index (χ0v) is 35.8. The van der Waals surface area contributed by atoms with Crippen molar-refractivity contribution < 1.29 is 53.1 Å². The molecule has 1 aliphatic carbocycles. The van der Waals surface area contributed by atoms with E-state index in [0.717, 1.165) is 18.4 Å². The average molecular weight is 810 g/mol. The Morgan fingerprint density at radius 1 is 0.964 bits per heavy atom. The van der Waals surface area contributed by atoms with Crippen LogP contribution in [0.4, 0.5) is 0 Å². The van der Waals surface area contributed by atoms with E-state index in [4.69, 9.17) is 35.3 Å².